The molecular weight excluding hydrogens is 234 g/mol. The molecule has 1 aromatic carbocycles. The van der Waals surface area contributed by atoms with Crippen molar-refractivity contribution in [3.8, 4) is 0 Å². The van der Waals surface area contributed by atoms with Crippen molar-refractivity contribution in [2.45, 2.75) is 45.6 Å². The summed E-state index contributed by atoms with van der Waals surface area (Å²) in [6.07, 6.45) is 4.88. The summed E-state index contributed by atoms with van der Waals surface area (Å²) in [7, 11) is 1.78. The zero-order valence-electron chi connectivity index (χ0n) is 12.7. The maximum atomic E-state index is 5.12. The van der Waals surface area contributed by atoms with Gasteiger partial charge in [0.1, 0.15) is 0 Å². The SMILES string of the molecule is COCCCCC(CNC(C)C)Cc1ccccc1. The van der Waals surface area contributed by atoms with E-state index in [4.69, 9.17) is 4.74 Å². The Kier molecular flexibility index (Phi) is 8.52. The molecule has 2 heteroatoms. The molecular formula is C17H29NO. The molecule has 0 saturated carbocycles. The van der Waals surface area contributed by atoms with E-state index >= 15 is 0 Å². The largest absolute Gasteiger partial charge is 0.385 e. The van der Waals surface area contributed by atoms with Crippen molar-refractivity contribution in [2.24, 2.45) is 5.92 Å². The summed E-state index contributed by atoms with van der Waals surface area (Å²) in [5.74, 6) is 0.724. The molecule has 2 nitrogen and oxygen atoms in total. The Balaban J connectivity index is 2.39. The normalized spacial score (nSPS) is 12.8. The molecule has 0 aromatic heterocycles. The highest BCUT2D eigenvalue weighted by Crippen LogP contribution is 2.15. The summed E-state index contributed by atoms with van der Waals surface area (Å²) >= 11 is 0. The first-order valence-electron chi connectivity index (χ1n) is 7.48. The smallest absolute Gasteiger partial charge is 0.0462 e. The van der Waals surface area contributed by atoms with Crippen LogP contribution in [0.25, 0.3) is 0 Å². The van der Waals surface area contributed by atoms with Crippen LogP contribution in [0.5, 0.6) is 0 Å². The van der Waals surface area contributed by atoms with E-state index in [9.17, 15) is 0 Å². The number of hydrogen-bond acceptors (Lipinski definition) is 2. The van der Waals surface area contributed by atoms with Gasteiger partial charge in [0, 0.05) is 19.8 Å². The lowest BCUT2D eigenvalue weighted by molar-refractivity contribution is 0.190. The molecule has 0 aliphatic carbocycles. The molecule has 1 unspecified atom stereocenters. The monoisotopic (exact) mass is 263 g/mol. The van der Waals surface area contributed by atoms with E-state index in [0.717, 1.165) is 19.1 Å². The van der Waals surface area contributed by atoms with Crippen LogP contribution in [0.2, 0.25) is 0 Å². The number of nitrogens with one attached hydrogen (secondary N) is 1. The van der Waals surface area contributed by atoms with Crippen LogP contribution in [0.3, 0.4) is 0 Å². The number of rotatable bonds is 10. The molecule has 1 atom stereocenters. The Labute approximate surface area is 118 Å². The number of methoxy groups -OCH3 is 1. The molecule has 0 saturated heterocycles. The molecule has 0 aliphatic heterocycles. The molecule has 0 bridgehead atoms. The Morgan fingerprint density at radius 2 is 1.84 bits per heavy atom. The van der Waals surface area contributed by atoms with Gasteiger partial charge in [-0.3, -0.25) is 0 Å². The van der Waals surface area contributed by atoms with Gasteiger partial charge in [0.15, 0.2) is 0 Å². The number of benzene rings is 1. The lowest BCUT2D eigenvalue weighted by atomic mass is 9.94. The molecule has 1 aromatic rings. The Hall–Kier alpha value is -0.860. The van der Waals surface area contributed by atoms with Crippen LogP contribution in [0.1, 0.15) is 38.7 Å². The maximum Gasteiger partial charge on any atom is 0.0462 e. The summed E-state index contributed by atoms with van der Waals surface area (Å²) in [4.78, 5) is 0. The molecule has 0 spiro atoms. The topological polar surface area (TPSA) is 21.3 Å². The molecule has 0 aliphatic rings. The van der Waals surface area contributed by atoms with Crippen LogP contribution in [-0.2, 0) is 11.2 Å². The molecule has 1 rings (SSSR count). The van der Waals surface area contributed by atoms with Gasteiger partial charge < -0.3 is 10.1 Å². The van der Waals surface area contributed by atoms with Crippen LogP contribution >= 0.6 is 0 Å². The molecule has 0 amide bonds. The van der Waals surface area contributed by atoms with Crippen LogP contribution in [0.15, 0.2) is 30.3 Å². The Morgan fingerprint density at radius 1 is 1.11 bits per heavy atom. The number of unbranched alkanes of at least 4 members (excludes halogenated alkanes) is 1. The second-order valence-corrected chi connectivity index (χ2v) is 5.61. The minimum Gasteiger partial charge on any atom is -0.385 e. The quantitative estimate of drug-likeness (QED) is 0.650. The minimum atomic E-state index is 0.567. The van der Waals surface area contributed by atoms with Gasteiger partial charge >= 0.3 is 0 Å². The Bertz CT molecular complexity index is 310. The van der Waals surface area contributed by atoms with Crippen molar-refractivity contribution in [2.75, 3.05) is 20.3 Å². The van der Waals surface area contributed by atoms with Crippen LogP contribution in [0.4, 0.5) is 0 Å². The standard InChI is InChI=1S/C17H29NO/c1-15(2)18-14-17(11-7-8-12-19-3)13-16-9-5-4-6-10-16/h4-6,9-10,15,17-18H,7-8,11-14H2,1-3H3. The summed E-state index contributed by atoms with van der Waals surface area (Å²) in [6.45, 7) is 6.42. The van der Waals surface area contributed by atoms with Crippen molar-refractivity contribution >= 4 is 0 Å². The van der Waals surface area contributed by atoms with Crippen LogP contribution in [0, 0.1) is 5.92 Å². The molecule has 108 valence electrons. The highest BCUT2D eigenvalue weighted by Gasteiger charge is 2.10. The fraction of sp³-hybridized carbons (Fsp3) is 0.647. The van der Waals surface area contributed by atoms with Gasteiger partial charge in [-0.25, -0.2) is 0 Å². The van der Waals surface area contributed by atoms with Crippen LogP contribution < -0.4 is 5.32 Å². The zero-order valence-corrected chi connectivity index (χ0v) is 12.7. The van der Waals surface area contributed by atoms with Gasteiger partial charge in [0.2, 0.25) is 0 Å². The van der Waals surface area contributed by atoms with E-state index in [0.29, 0.717) is 6.04 Å². The van der Waals surface area contributed by atoms with Crippen molar-refractivity contribution < 1.29 is 4.74 Å². The van der Waals surface area contributed by atoms with Gasteiger partial charge in [-0.2, -0.15) is 0 Å². The van der Waals surface area contributed by atoms with E-state index in [-0.39, 0.29) is 0 Å². The fourth-order valence-corrected chi connectivity index (χ4v) is 2.31. The summed E-state index contributed by atoms with van der Waals surface area (Å²) < 4.78 is 5.12. The first kappa shape index (κ1) is 16.2. The van der Waals surface area contributed by atoms with Gasteiger partial charge in [-0.15, -0.1) is 0 Å². The minimum absolute atomic E-state index is 0.567. The van der Waals surface area contributed by atoms with Gasteiger partial charge in [-0.1, -0.05) is 50.6 Å². The fourth-order valence-electron chi connectivity index (χ4n) is 2.31. The van der Waals surface area contributed by atoms with Crippen molar-refractivity contribution in [1.82, 2.24) is 5.32 Å². The third-order valence-electron chi connectivity index (χ3n) is 3.39. The van der Waals surface area contributed by atoms with Crippen molar-refractivity contribution in [1.29, 1.82) is 0 Å². The summed E-state index contributed by atoms with van der Waals surface area (Å²) in [5, 5.41) is 3.58. The van der Waals surface area contributed by atoms with Gasteiger partial charge in [0.05, 0.1) is 0 Å². The lowest BCUT2D eigenvalue weighted by Gasteiger charge is -2.19. The molecule has 0 heterocycles. The first-order valence-corrected chi connectivity index (χ1v) is 7.48. The van der Waals surface area contributed by atoms with Crippen molar-refractivity contribution in [3.05, 3.63) is 35.9 Å². The van der Waals surface area contributed by atoms with Gasteiger partial charge in [0.25, 0.3) is 0 Å². The first-order chi connectivity index (χ1) is 9.22. The van der Waals surface area contributed by atoms with E-state index < -0.39 is 0 Å². The second kappa shape index (κ2) is 9.99. The summed E-state index contributed by atoms with van der Waals surface area (Å²) in [5.41, 5.74) is 1.45. The highest BCUT2D eigenvalue weighted by molar-refractivity contribution is 5.15. The third-order valence-corrected chi connectivity index (χ3v) is 3.39. The Morgan fingerprint density at radius 3 is 2.47 bits per heavy atom. The van der Waals surface area contributed by atoms with E-state index in [1.54, 1.807) is 7.11 Å². The molecule has 1 N–H and O–H groups in total. The second-order valence-electron chi connectivity index (χ2n) is 5.61. The molecule has 0 radical (unpaired) electrons. The van der Waals surface area contributed by atoms with E-state index in [1.807, 2.05) is 0 Å². The average Bonchev–Trinajstić information content (AvgIpc) is 2.41. The lowest BCUT2D eigenvalue weighted by Crippen LogP contribution is -2.30. The predicted octanol–water partition coefficient (Wildman–Crippen LogP) is 3.66. The molecule has 19 heavy (non-hydrogen) atoms. The zero-order chi connectivity index (χ0) is 13.9. The van der Waals surface area contributed by atoms with Crippen LogP contribution in [-0.4, -0.2) is 26.3 Å². The van der Waals surface area contributed by atoms with Gasteiger partial charge in [-0.05, 0) is 37.3 Å². The summed E-state index contributed by atoms with van der Waals surface area (Å²) in [6, 6.07) is 11.4. The molecule has 0 fully saturated rings. The number of hydrogen-bond donors (Lipinski definition) is 1. The third kappa shape index (κ3) is 8.02. The predicted molar refractivity (Wildman–Crippen MR) is 82.5 cm³/mol. The maximum absolute atomic E-state index is 5.12. The van der Waals surface area contributed by atoms with Crippen molar-refractivity contribution in [3.63, 3.8) is 0 Å². The number of ether oxygens (including phenoxy) is 1. The van der Waals surface area contributed by atoms with E-state index in [2.05, 4.69) is 49.5 Å². The average molecular weight is 263 g/mol. The highest BCUT2D eigenvalue weighted by atomic mass is 16.5. The van der Waals surface area contributed by atoms with E-state index in [1.165, 1.54) is 31.2 Å².